The molecule has 2 aliphatic rings. The number of nitrogens with zero attached hydrogens (tertiary/aromatic N) is 5. The van der Waals surface area contributed by atoms with Crippen LogP contribution in [0.4, 0.5) is 5.82 Å². The van der Waals surface area contributed by atoms with Crippen molar-refractivity contribution in [1.82, 2.24) is 20.1 Å². The molecule has 0 aromatic carbocycles. The van der Waals surface area contributed by atoms with E-state index in [1.165, 1.54) is 0 Å². The van der Waals surface area contributed by atoms with Crippen LogP contribution >= 0.6 is 0 Å². The Balaban J connectivity index is 1.57. The van der Waals surface area contributed by atoms with Gasteiger partial charge in [0.1, 0.15) is 0 Å². The Morgan fingerprint density at radius 3 is 2.68 bits per heavy atom. The van der Waals surface area contributed by atoms with Crippen LogP contribution in [0.1, 0.15) is 65.5 Å². The predicted octanol–water partition coefficient (Wildman–Crippen LogP) is 2.69. The van der Waals surface area contributed by atoms with E-state index in [0.29, 0.717) is 29.8 Å². The van der Waals surface area contributed by atoms with Gasteiger partial charge < -0.3 is 14.2 Å². The quantitative estimate of drug-likeness (QED) is 0.851. The summed E-state index contributed by atoms with van der Waals surface area (Å²) in [6.45, 7) is 2.55. The van der Waals surface area contributed by atoms with E-state index in [2.05, 4.69) is 15.2 Å². The van der Waals surface area contributed by atoms with Crippen LogP contribution in [0.5, 0.6) is 0 Å². The highest BCUT2D eigenvalue weighted by Crippen LogP contribution is 2.40. The third-order valence-corrected chi connectivity index (χ3v) is 4.92. The van der Waals surface area contributed by atoms with Crippen LogP contribution in [0.2, 0.25) is 0 Å². The molecule has 2 fully saturated rings. The molecular formula is C18H23N5O2. The van der Waals surface area contributed by atoms with Crippen molar-refractivity contribution in [1.29, 1.82) is 0 Å². The molecule has 1 atom stereocenters. The predicted molar refractivity (Wildman–Crippen MR) is 92.6 cm³/mol. The first-order valence-electron chi connectivity index (χ1n) is 8.84. The average Bonchev–Trinajstić information content (AvgIpc) is 3.21. The van der Waals surface area contributed by atoms with Crippen molar-refractivity contribution >= 4 is 11.7 Å². The lowest BCUT2D eigenvalue weighted by Gasteiger charge is -2.23. The third kappa shape index (κ3) is 2.99. The Kier molecular flexibility index (Phi) is 3.94. The van der Waals surface area contributed by atoms with Gasteiger partial charge in [0, 0.05) is 26.6 Å². The lowest BCUT2D eigenvalue weighted by Crippen LogP contribution is -2.31. The van der Waals surface area contributed by atoms with E-state index in [9.17, 15) is 4.79 Å². The summed E-state index contributed by atoms with van der Waals surface area (Å²) in [5.74, 6) is 2.22. The zero-order valence-corrected chi connectivity index (χ0v) is 14.9. The van der Waals surface area contributed by atoms with Gasteiger partial charge in [-0.25, -0.2) is 4.98 Å². The highest BCUT2D eigenvalue weighted by atomic mass is 16.4. The first-order valence-corrected chi connectivity index (χ1v) is 8.84. The van der Waals surface area contributed by atoms with Crippen LogP contribution in [-0.2, 0) is 0 Å². The molecule has 2 aromatic rings. The summed E-state index contributed by atoms with van der Waals surface area (Å²) in [6, 6.07) is 3.85. The normalized spacial score (nSPS) is 20.1. The first-order chi connectivity index (χ1) is 12.0. The van der Waals surface area contributed by atoms with E-state index in [1.807, 2.05) is 43.0 Å². The molecule has 1 saturated carbocycles. The molecule has 0 spiro atoms. The monoisotopic (exact) mass is 341 g/mol. The van der Waals surface area contributed by atoms with Gasteiger partial charge in [0.05, 0.1) is 17.4 Å². The Hall–Kier alpha value is -2.44. The van der Waals surface area contributed by atoms with Crippen LogP contribution < -0.4 is 4.90 Å². The van der Waals surface area contributed by atoms with Crippen molar-refractivity contribution in [2.75, 3.05) is 25.5 Å². The van der Waals surface area contributed by atoms with Crippen LogP contribution in [0.3, 0.4) is 0 Å². The summed E-state index contributed by atoms with van der Waals surface area (Å²) in [5.41, 5.74) is 1.52. The highest BCUT2D eigenvalue weighted by Gasteiger charge is 2.36. The molecule has 7 nitrogen and oxygen atoms in total. The maximum Gasteiger partial charge on any atom is 0.292 e. The summed E-state index contributed by atoms with van der Waals surface area (Å²) in [6.07, 6.45) is 4.06. The molecular weight excluding hydrogens is 318 g/mol. The summed E-state index contributed by atoms with van der Waals surface area (Å²) in [4.78, 5) is 21.2. The van der Waals surface area contributed by atoms with E-state index in [1.54, 1.807) is 0 Å². The van der Waals surface area contributed by atoms with Gasteiger partial charge in [-0.15, -0.1) is 5.10 Å². The summed E-state index contributed by atoms with van der Waals surface area (Å²) in [7, 11) is 3.86. The summed E-state index contributed by atoms with van der Waals surface area (Å²) < 4.78 is 5.80. The Morgan fingerprint density at radius 2 is 2.04 bits per heavy atom. The van der Waals surface area contributed by atoms with E-state index in [0.717, 1.165) is 37.2 Å². The molecule has 25 heavy (non-hydrogen) atoms. The fourth-order valence-electron chi connectivity index (χ4n) is 3.32. The minimum atomic E-state index is -0.0853. The van der Waals surface area contributed by atoms with Gasteiger partial charge in [-0.2, -0.15) is 5.10 Å². The number of hydrogen-bond acceptors (Lipinski definition) is 6. The fraction of sp³-hybridized carbons (Fsp3) is 0.556. The molecule has 1 aliphatic carbocycles. The lowest BCUT2D eigenvalue weighted by atomic mass is 10.1. The van der Waals surface area contributed by atoms with E-state index in [4.69, 9.17) is 4.42 Å². The number of rotatable bonds is 4. The van der Waals surface area contributed by atoms with Crippen molar-refractivity contribution in [3.05, 3.63) is 35.2 Å². The van der Waals surface area contributed by atoms with Crippen molar-refractivity contribution < 1.29 is 9.21 Å². The molecule has 0 radical (unpaired) electrons. The largest absolute Gasteiger partial charge is 0.435 e. The van der Waals surface area contributed by atoms with E-state index < -0.39 is 0 Å². The van der Waals surface area contributed by atoms with Gasteiger partial charge in [0.15, 0.2) is 11.7 Å². The molecule has 132 valence electrons. The summed E-state index contributed by atoms with van der Waals surface area (Å²) >= 11 is 0. The minimum Gasteiger partial charge on any atom is -0.435 e. The number of anilines is 1. The Bertz CT molecular complexity index is 779. The number of hydrogen-bond donors (Lipinski definition) is 0. The van der Waals surface area contributed by atoms with Gasteiger partial charge in [-0.3, -0.25) is 4.79 Å². The van der Waals surface area contributed by atoms with Crippen LogP contribution in [0.15, 0.2) is 16.5 Å². The van der Waals surface area contributed by atoms with Crippen LogP contribution in [0.25, 0.3) is 0 Å². The molecule has 7 heteroatoms. The molecule has 1 saturated heterocycles. The fourth-order valence-corrected chi connectivity index (χ4v) is 3.32. The molecule has 4 rings (SSSR count). The van der Waals surface area contributed by atoms with Crippen molar-refractivity contribution in [2.45, 2.75) is 44.6 Å². The second kappa shape index (κ2) is 6.13. The lowest BCUT2D eigenvalue weighted by molar-refractivity contribution is 0.0697. The zero-order valence-electron chi connectivity index (χ0n) is 14.9. The maximum atomic E-state index is 13.0. The number of likely N-dealkylation sites (tertiary alicyclic amines) is 1. The molecule has 0 bridgehead atoms. The van der Waals surface area contributed by atoms with Gasteiger partial charge >= 0.3 is 0 Å². The SMILES string of the molecule is Cc1nc(C2CC2)oc1C(=O)N1CCCC1c1ccc(N(C)C)nn1. The molecule has 2 aromatic heterocycles. The summed E-state index contributed by atoms with van der Waals surface area (Å²) in [5, 5.41) is 8.59. The molecule has 1 amide bonds. The smallest absolute Gasteiger partial charge is 0.292 e. The second-order valence-corrected chi connectivity index (χ2v) is 7.11. The van der Waals surface area contributed by atoms with Crippen molar-refractivity contribution in [2.24, 2.45) is 0 Å². The van der Waals surface area contributed by atoms with Crippen molar-refractivity contribution in [3.8, 4) is 0 Å². The van der Waals surface area contributed by atoms with E-state index >= 15 is 0 Å². The van der Waals surface area contributed by atoms with Crippen LogP contribution in [0, 0.1) is 6.92 Å². The molecule has 3 heterocycles. The minimum absolute atomic E-state index is 0.0508. The Morgan fingerprint density at radius 1 is 1.24 bits per heavy atom. The number of amides is 1. The number of carbonyl (C=O) groups excluding carboxylic acids is 1. The first kappa shape index (κ1) is 16.1. The zero-order chi connectivity index (χ0) is 17.6. The Labute approximate surface area is 147 Å². The van der Waals surface area contributed by atoms with Gasteiger partial charge in [-0.05, 0) is 44.7 Å². The van der Waals surface area contributed by atoms with Crippen LogP contribution in [-0.4, -0.2) is 46.6 Å². The number of oxazole rings is 1. The van der Waals surface area contributed by atoms with Crippen molar-refractivity contribution in [3.63, 3.8) is 0 Å². The number of aryl methyl sites for hydroxylation is 1. The second-order valence-electron chi connectivity index (χ2n) is 7.11. The number of carbonyl (C=O) groups is 1. The maximum absolute atomic E-state index is 13.0. The van der Waals surface area contributed by atoms with Gasteiger partial charge in [-0.1, -0.05) is 0 Å². The van der Waals surface area contributed by atoms with Gasteiger partial charge in [0.25, 0.3) is 5.91 Å². The third-order valence-electron chi connectivity index (χ3n) is 4.92. The average molecular weight is 341 g/mol. The highest BCUT2D eigenvalue weighted by molar-refractivity contribution is 5.93. The molecule has 1 aliphatic heterocycles. The standard InChI is InChI=1S/C18H23N5O2/c1-11-16(25-17(19-11)12-6-7-12)18(24)23-10-4-5-14(23)13-8-9-15(21-20-13)22(2)3/h8-9,12,14H,4-7,10H2,1-3H3. The topological polar surface area (TPSA) is 75.4 Å². The number of aromatic nitrogens is 3. The molecule has 1 unspecified atom stereocenters. The molecule has 0 N–H and O–H groups in total. The van der Waals surface area contributed by atoms with Gasteiger partial charge in [0.2, 0.25) is 5.76 Å². The van der Waals surface area contributed by atoms with E-state index in [-0.39, 0.29) is 11.9 Å².